The minimum atomic E-state index is -0.503. The van der Waals surface area contributed by atoms with Gasteiger partial charge in [-0.05, 0) is 62.4 Å². The minimum absolute atomic E-state index is 0.127. The third-order valence-electron chi connectivity index (χ3n) is 6.55. The molecular formula is C22H32N4O2. The molecule has 1 saturated heterocycles. The number of likely N-dealkylation sites (N-methyl/N-ethyl adjacent to an activating group) is 1. The van der Waals surface area contributed by atoms with Crippen molar-refractivity contribution in [3.05, 3.63) is 29.3 Å². The molecule has 0 bridgehead atoms. The summed E-state index contributed by atoms with van der Waals surface area (Å²) in [5, 5.41) is 5.79. The summed E-state index contributed by atoms with van der Waals surface area (Å²) in [7, 11) is 2.13. The zero-order valence-electron chi connectivity index (χ0n) is 16.9. The van der Waals surface area contributed by atoms with Crippen LogP contribution in [0.25, 0.3) is 0 Å². The number of nitrogens with zero attached hydrogens (tertiary/aromatic N) is 2. The van der Waals surface area contributed by atoms with E-state index in [0.717, 1.165) is 51.7 Å². The highest BCUT2D eigenvalue weighted by Crippen LogP contribution is 2.32. The van der Waals surface area contributed by atoms with Crippen LogP contribution in [0.15, 0.2) is 18.2 Å². The van der Waals surface area contributed by atoms with Gasteiger partial charge in [0.1, 0.15) is 0 Å². The summed E-state index contributed by atoms with van der Waals surface area (Å²) in [6.45, 7) is 3.63. The van der Waals surface area contributed by atoms with Crippen LogP contribution in [0, 0.1) is 0 Å². The zero-order valence-corrected chi connectivity index (χ0v) is 16.9. The number of hydrogen-bond donors (Lipinski definition) is 2. The fourth-order valence-corrected chi connectivity index (χ4v) is 4.90. The van der Waals surface area contributed by atoms with Gasteiger partial charge in [-0.3, -0.25) is 14.5 Å². The van der Waals surface area contributed by atoms with Crippen LogP contribution in [0.2, 0.25) is 0 Å². The molecule has 0 radical (unpaired) electrons. The number of benzene rings is 1. The second-order valence-corrected chi connectivity index (χ2v) is 8.48. The average Bonchev–Trinajstić information content (AvgIpc) is 3.45. The first-order valence-electron chi connectivity index (χ1n) is 10.8. The molecule has 2 amide bonds. The van der Waals surface area contributed by atoms with Gasteiger partial charge in [-0.25, -0.2) is 0 Å². The number of likely N-dealkylation sites (tertiary alicyclic amines) is 1. The smallest absolute Gasteiger partial charge is 0.309 e. The first-order chi connectivity index (χ1) is 13.6. The van der Waals surface area contributed by atoms with Gasteiger partial charge in [0.2, 0.25) is 0 Å². The predicted molar refractivity (Wildman–Crippen MR) is 110 cm³/mol. The van der Waals surface area contributed by atoms with E-state index in [4.69, 9.17) is 0 Å². The SMILES string of the molecule is CN1CCc2cc(C(CNC(=O)C(=O)NC3CCCC3)N3CCCC3)ccc21. The Hall–Kier alpha value is -2.08. The van der Waals surface area contributed by atoms with E-state index in [1.807, 2.05) is 0 Å². The van der Waals surface area contributed by atoms with Crippen LogP contribution >= 0.6 is 0 Å². The number of carbonyl (C=O) groups is 2. The molecular weight excluding hydrogens is 352 g/mol. The van der Waals surface area contributed by atoms with E-state index < -0.39 is 11.8 Å². The van der Waals surface area contributed by atoms with Gasteiger partial charge in [0.25, 0.3) is 0 Å². The average molecular weight is 385 g/mol. The van der Waals surface area contributed by atoms with E-state index in [1.54, 1.807) is 0 Å². The van der Waals surface area contributed by atoms with Crippen molar-refractivity contribution < 1.29 is 9.59 Å². The monoisotopic (exact) mass is 384 g/mol. The van der Waals surface area contributed by atoms with Crippen molar-refractivity contribution in [3.8, 4) is 0 Å². The first kappa shape index (κ1) is 19.2. The second-order valence-electron chi connectivity index (χ2n) is 8.48. The molecule has 2 aliphatic heterocycles. The van der Waals surface area contributed by atoms with Crippen molar-refractivity contribution >= 4 is 17.5 Å². The van der Waals surface area contributed by atoms with E-state index in [0.29, 0.717) is 6.54 Å². The third-order valence-corrected chi connectivity index (χ3v) is 6.55. The van der Waals surface area contributed by atoms with E-state index in [9.17, 15) is 9.59 Å². The van der Waals surface area contributed by atoms with Crippen molar-refractivity contribution in [2.45, 2.75) is 57.0 Å². The molecule has 2 fully saturated rings. The Morgan fingerprint density at radius 1 is 1.07 bits per heavy atom. The Labute approximate surface area is 167 Å². The van der Waals surface area contributed by atoms with Gasteiger partial charge in [0.05, 0.1) is 6.04 Å². The van der Waals surface area contributed by atoms with Crippen LogP contribution in [0.1, 0.15) is 55.7 Å². The van der Waals surface area contributed by atoms with Gasteiger partial charge in [0, 0.05) is 31.9 Å². The molecule has 0 aromatic heterocycles. The zero-order chi connectivity index (χ0) is 19.5. The maximum Gasteiger partial charge on any atom is 0.309 e. The molecule has 1 aromatic carbocycles. The summed E-state index contributed by atoms with van der Waals surface area (Å²) in [6.07, 6.45) is 7.70. The van der Waals surface area contributed by atoms with Crippen LogP contribution < -0.4 is 15.5 Å². The Bertz CT molecular complexity index is 723. The van der Waals surface area contributed by atoms with Gasteiger partial charge in [0.15, 0.2) is 0 Å². The molecule has 1 aliphatic carbocycles. The summed E-state index contributed by atoms with van der Waals surface area (Å²) >= 11 is 0. The molecule has 6 heteroatoms. The lowest BCUT2D eigenvalue weighted by Crippen LogP contribution is -2.46. The Balaban J connectivity index is 1.42. The summed E-state index contributed by atoms with van der Waals surface area (Å²) < 4.78 is 0. The summed E-state index contributed by atoms with van der Waals surface area (Å²) in [5.74, 6) is -0.986. The Morgan fingerprint density at radius 2 is 1.82 bits per heavy atom. The fourth-order valence-electron chi connectivity index (χ4n) is 4.90. The lowest BCUT2D eigenvalue weighted by Gasteiger charge is -2.29. The summed E-state index contributed by atoms with van der Waals surface area (Å²) in [6, 6.07) is 6.99. The number of carbonyl (C=O) groups excluding carboxylic acids is 2. The highest BCUT2D eigenvalue weighted by molar-refractivity contribution is 6.35. The van der Waals surface area contributed by atoms with Crippen LogP contribution in [0.4, 0.5) is 5.69 Å². The standard InChI is InChI=1S/C22H32N4O2/c1-25-13-10-17-14-16(8-9-19(17)25)20(26-11-4-5-12-26)15-23-21(27)22(28)24-18-6-2-3-7-18/h8-9,14,18,20H,2-7,10-13,15H2,1H3,(H,23,27)(H,24,28). The molecule has 1 atom stereocenters. The normalized spacial score (nSPS) is 21.0. The molecule has 6 nitrogen and oxygen atoms in total. The number of hydrogen-bond acceptors (Lipinski definition) is 4. The van der Waals surface area contributed by atoms with E-state index in [2.05, 4.69) is 45.7 Å². The molecule has 1 aromatic rings. The molecule has 1 unspecified atom stereocenters. The maximum absolute atomic E-state index is 12.4. The number of fused-ring (bicyclic) bond motifs is 1. The number of nitrogens with one attached hydrogen (secondary N) is 2. The number of rotatable bonds is 5. The third kappa shape index (κ3) is 4.17. The molecule has 3 aliphatic rings. The highest BCUT2D eigenvalue weighted by atomic mass is 16.2. The molecule has 4 rings (SSSR count). The maximum atomic E-state index is 12.4. The molecule has 152 valence electrons. The van der Waals surface area contributed by atoms with Crippen molar-refractivity contribution in [1.82, 2.24) is 15.5 Å². The Morgan fingerprint density at radius 3 is 2.57 bits per heavy atom. The van der Waals surface area contributed by atoms with E-state index in [1.165, 1.54) is 29.7 Å². The number of amides is 2. The lowest BCUT2D eigenvalue weighted by molar-refractivity contribution is -0.139. The van der Waals surface area contributed by atoms with Gasteiger partial charge in [-0.15, -0.1) is 0 Å². The topological polar surface area (TPSA) is 64.7 Å². The predicted octanol–water partition coefficient (Wildman–Crippen LogP) is 1.99. The highest BCUT2D eigenvalue weighted by Gasteiger charge is 2.27. The quantitative estimate of drug-likeness (QED) is 0.762. The van der Waals surface area contributed by atoms with Gasteiger partial charge in [-0.1, -0.05) is 25.0 Å². The van der Waals surface area contributed by atoms with E-state index in [-0.39, 0.29) is 12.1 Å². The van der Waals surface area contributed by atoms with Crippen LogP contribution in [-0.2, 0) is 16.0 Å². The summed E-state index contributed by atoms with van der Waals surface area (Å²) in [4.78, 5) is 29.3. The molecule has 2 N–H and O–H groups in total. The lowest BCUT2D eigenvalue weighted by atomic mass is 10.0. The minimum Gasteiger partial charge on any atom is -0.374 e. The van der Waals surface area contributed by atoms with Gasteiger partial charge in [-0.2, -0.15) is 0 Å². The van der Waals surface area contributed by atoms with Crippen molar-refractivity contribution in [1.29, 1.82) is 0 Å². The van der Waals surface area contributed by atoms with Crippen molar-refractivity contribution in [2.24, 2.45) is 0 Å². The van der Waals surface area contributed by atoms with Crippen molar-refractivity contribution in [2.75, 3.05) is 38.1 Å². The van der Waals surface area contributed by atoms with Crippen molar-refractivity contribution in [3.63, 3.8) is 0 Å². The van der Waals surface area contributed by atoms with Crippen LogP contribution in [0.3, 0.4) is 0 Å². The number of anilines is 1. The van der Waals surface area contributed by atoms with Crippen LogP contribution in [-0.4, -0.2) is 56.0 Å². The molecule has 0 spiro atoms. The van der Waals surface area contributed by atoms with Gasteiger partial charge < -0.3 is 15.5 Å². The fraction of sp³-hybridized carbons (Fsp3) is 0.636. The second kappa shape index (κ2) is 8.52. The van der Waals surface area contributed by atoms with Gasteiger partial charge >= 0.3 is 11.8 Å². The Kier molecular flexibility index (Phi) is 5.85. The largest absolute Gasteiger partial charge is 0.374 e. The summed E-state index contributed by atoms with van der Waals surface area (Å²) in [5.41, 5.74) is 3.94. The molecule has 28 heavy (non-hydrogen) atoms. The molecule has 1 saturated carbocycles. The van der Waals surface area contributed by atoms with Crippen LogP contribution in [0.5, 0.6) is 0 Å². The molecule has 2 heterocycles. The first-order valence-corrected chi connectivity index (χ1v) is 10.8. The van der Waals surface area contributed by atoms with E-state index >= 15 is 0 Å².